The van der Waals surface area contributed by atoms with Crippen LogP contribution in [0.2, 0.25) is 0 Å². The largest absolute Gasteiger partial charge is 0.378 e. The van der Waals surface area contributed by atoms with Gasteiger partial charge in [0.2, 0.25) is 0 Å². The van der Waals surface area contributed by atoms with Crippen molar-refractivity contribution in [1.82, 2.24) is 5.32 Å². The summed E-state index contributed by atoms with van der Waals surface area (Å²) in [6.07, 6.45) is 13.8. The first-order chi connectivity index (χ1) is 9.77. The quantitative estimate of drug-likeness (QED) is 0.513. The fourth-order valence-electron chi connectivity index (χ4n) is 3.34. The fraction of sp³-hybridized carbons (Fsp3) is 1.00. The Morgan fingerprint density at radius 2 is 1.95 bits per heavy atom. The zero-order valence-electron chi connectivity index (χ0n) is 14.1. The molecular formula is C18H37NO. The summed E-state index contributed by atoms with van der Waals surface area (Å²) in [6, 6.07) is 0.762. The molecule has 0 aromatic heterocycles. The smallest absolute Gasteiger partial charge is 0.0547 e. The number of unbranched alkanes of at least 4 members (excludes halogenated alkanes) is 3. The number of nitrogens with one attached hydrogen (secondary N) is 1. The van der Waals surface area contributed by atoms with Crippen molar-refractivity contribution in [2.24, 2.45) is 5.92 Å². The molecule has 1 rings (SSSR count). The minimum Gasteiger partial charge on any atom is -0.378 e. The third kappa shape index (κ3) is 7.64. The first kappa shape index (κ1) is 18.0. The van der Waals surface area contributed by atoms with Crippen LogP contribution < -0.4 is 5.32 Å². The molecule has 1 N–H and O–H groups in total. The van der Waals surface area contributed by atoms with E-state index in [4.69, 9.17) is 4.74 Å². The van der Waals surface area contributed by atoms with E-state index in [-0.39, 0.29) is 0 Å². The molecule has 3 unspecified atom stereocenters. The van der Waals surface area contributed by atoms with E-state index in [1.165, 1.54) is 70.8 Å². The van der Waals surface area contributed by atoms with Crippen molar-refractivity contribution < 1.29 is 4.74 Å². The molecule has 0 bridgehead atoms. The Morgan fingerprint density at radius 3 is 2.70 bits per heavy atom. The summed E-state index contributed by atoms with van der Waals surface area (Å²) in [6.45, 7) is 8.90. The Kier molecular flexibility index (Phi) is 10.4. The van der Waals surface area contributed by atoms with Crippen LogP contribution in [0, 0.1) is 5.92 Å². The summed E-state index contributed by atoms with van der Waals surface area (Å²) in [4.78, 5) is 0. The lowest BCUT2D eigenvalue weighted by molar-refractivity contribution is 0.0479. The molecule has 0 aliphatic heterocycles. The van der Waals surface area contributed by atoms with Gasteiger partial charge in [-0.25, -0.2) is 0 Å². The van der Waals surface area contributed by atoms with E-state index in [1.807, 2.05) is 0 Å². The molecule has 1 saturated carbocycles. The lowest BCUT2D eigenvalue weighted by Crippen LogP contribution is -2.33. The summed E-state index contributed by atoms with van der Waals surface area (Å²) >= 11 is 0. The molecule has 0 aromatic rings. The van der Waals surface area contributed by atoms with Gasteiger partial charge in [-0.1, -0.05) is 46.0 Å². The second-order valence-electron chi connectivity index (χ2n) is 6.57. The number of hydrogen-bond acceptors (Lipinski definition) is 2. The zero-order valence-corrected chi connectivity index (χ0v) is 14.1. The topological polar surface area (TPSA) is 21.3 Å². The van der Waals surface area contributed by atoms with Gasteiger partial charge >= 0.3 is 0 Å². The second-order valence-corrected chi connectivity index (χ2v) is 6.57. The average molecular weight is 284 g/mol. The second kappa shape index (κ2) is 11.6. The summed E-state index contributed by atoms with van der Waals surface area (Å²) in [5.41, 5.74) is 0. The molecule has 0 heterocycles. The molecule has 2 heteroatoms. The monoisotopic (exact) mass is 283 g/mol. The highest BCUT2D eigenvalue weighted by Crippen LogP contribution is 2.28. The molecule has 0 aromatic carbocycles. The molecule has 1 fully saturated rings. The van der Waals surface area contributed by atoms with Crippen molar-refractivity contribution in [2.75, 3.05) is 13.2 Å². The van der Waals surface area contributed by atoms with Crippen LogP contribution in [-0.4, -0.2) is 25.3 Å². The first-order valence-corrected chi connectivity index (χ1v) is 9.12. The third-order valence-corrected chi connectivity index (χ3v) is 4.67. The molecule has 0 radical (unpaired) electrons. The van der Waals surface area contributed by atoms with E-state index in [1.54, 1.807) is 0 Å². The maximum absolute atomic E-state index is 6.01. The minimum absolute atomic E-state index is 0.454. The molecule has 0 spiro atoms. The van der Waals surface area contributed by atoms with Crippen LogP contribution in [0.15, 0.2) is 0 Å². The predicted molar refractivity (Wildman–Crippen MR) is 88.2 cm³/mol. The Hall–Kier alpha value is -0.0800. The molecule has 1 aliphatic rings. The van der Waals surface area contributed by atoms with Gasteiger partial charge in [-0.05, 0) is 51.5 Å². The Labute approximate surface area is 127 Å². The van der Waals surface area contributed by atoms with Gasteiger partial charge in [-0.3, -0.25) is 0 Å². The maximum atomic E-state index is 6.01. The average Bonchev–Trinajstić information content (AvgIpc) is 2.89. The van der Waals surface area contributed by atoms with Crippen LogP contribution >= 0.6 is 0 Å². The highest BCUT2D eigenvalue weighted by atomic mass is 16.5. The van der Waals surface area contributed by atoms with Crippen molar-refractivity contribution >= 4 is 0 Å². The molecule has 1 aliphatic carbocycles. The zero-order chi connectivity index (χ0) is 14.6. The third-order valence-electron chi connectivity index (χ3n) is 4.67. The molecule has 0 amide bonds. The molecule has 120 valence electrons. The highest BCUT2D eigenvalue weighted by Gasteiger charge is 2.26. The van der Waals surface area contributed by atoms with Crippen molar-refractivity contribution in [3.8, 4) is 0 Å². The minimum atomic E-state index is 0.454. The Balaban J connectivity index is 2.04. The van der Waals surface area contributed by atoms with Gasteiger partial charge < -0.3 is 10.1 Å². The lowest BCUT2D eigenvalue weighted by Gasteiger charge is -2.22. The van der Waals surface area contributed by atoms with Crippen LogP contribution in [-0.2, 0) is 4.74 Å². The van der Waals surface area contributed by atoms with Crippen molar-refractivity contribution in [1.29, 1.82) is 0 Å². The molecular weight excluding hydrogens is 246 g/mol. The molecule has 2 nitrogen and oxygen atoms in total. The maximum Gasteiger partial charge on any atom is 0.0547 e. The summed E-state index contributed by atoms with van der Waals surface area (Å²) in [5.74, 6) is 0.855. The summed E-state index contributed by atoms with van der Waals surface area (Å²) in [7, 11) is 0. The van der Waals surface area contributed by atoms with Crippen molar-refractivity contribution in [3.05, 3.63) is 0 Å². The number of rotatable bonds is 12. The van der Waals surface area contributed by atoms with Crippen molar-refractivity contribution in [3.63, 3.8) is 0 Å². The Morgan fingerprint density at radius 1 is 1.10 bits per heavy atom. The number of ether oxygens (including phenoxy) is 1. The van der Waals surface area contributed by atoms with Crippen LogP contribution in [0.4, 0.5) is 0 Å². The lowest BCUT2D eigenvalue weighted by atomic mass is 10.00. The van der Waals surface area contributed by atoms with E-state index in [0.29, 0.717) is 6.10 Å². The van der Waals surface area contributed by atoms with E-state index >= 15 is 0 Å². The van der Waals surface area contributed by atoms with Crippen LogP contribution in [0.3, 0.4) is 0 Å². The van der Waals surface area contributed by atoms with Gasteiger partial charge in [0.15, 0.2) is 0 Å². The van der Waals surface area contributed by atoms with Crippen LogP contribution in [0.25, 0.3) is 0 Å². The van der Waals surface area contributed by atoms with Gasteiger partial charge in [0, 0.05) is 12.6 Å². The fourth-order valence-corrected chi connectivity index (χ4v) is 3.34. The van der Waals surface area contributed by atoms with Gasteiger partial charge in [0.25, 0.3) is 0 Å². The highest BCUT2D eigenvalue weighted by molar-refractivity contribution is 4.82. The standard InChI is InChI=1S/C18H37NO/c1-4-6-7-8-10-16(3)20-15-13-17-11-9-12-18(17)19-14-5-2/h16-19H,4-15H2,1-3H3. The van der Waals surface area contributed by atoms with Gasteiger partial charge in [-0.15, -0.1) is 0 Å². The summed E-state index contributed by atoms with van der Waals surface area (Å²) < 4.78 is 6.01. The van der Waals surface area contributed by atoms with Crippen LogP contribution in [0.1, 0.15) is 85.0 Å². The normalized spacial score (nSPS) is 24.1. The van der Waals surface area contributed by atoms with Gasteiger partial charge in [0.1, 0.15) is 0 Å². The van der Waals surface area contributed by atoms with E-state index < -0.39 is 0 Å². The van der Waals surface area contributed by atoms with Crippen molar-refractivity contribution in [2.45, 2.75) is 97.1 Å². The molecule has 0 saturated heterocycles. The Bertz CT molecular complexity index is 219. The SMILES string of the molecule is CCCCCCC(C)OCCC1CCCC1NCCC. The molecule has 3 atom stereocenters. The van der Waals surface area contributed by atoms with Gasteiger partial charge in [-0.2, -0.15) is 0 Å². The predicted octanol–water partition coefficient (Wildman–Crippen LogP) is 4.92. The van der Waals surface area contributed by atoms with E-state index in [2.05, 4.69) is 26.1 Å². The van der Waals surface area contributed by atoms with Crippen LogP contribution in [0.5, 0.6) is 0 Å². The van der Waals surface area contributed by atoms with Gasteiger partial charge in [0.05, 0.1) is 6.10 Å². The summed E-state index contributed by atoms with van der Waals surface area (Å²) in [5, 5.41) is 3.71. The first-order valence-electron chi connectivity index (χ1n) is 9.12. The number of hydrogen-bond donors (Lipinski definition) is 1. The molecule has 20 heavy (non-hydrogen) atoms. The van der Waals surface area contributed by atoms with E-state index in [0.717, 1.165) is 18.6 Å². The van der Waals surface area contributed by atoms with E-state index in [9.17, 15) is 0 Å².